The number of nitrogens with zero attached hydrogens (tertiary/aromatic N) is 1. The fourth-order valence-electron chi connectivity index (χ4n) is 2.31. The Morgan fingerprint density at radius 2 is 1.28 bits per heavy atom. The minimum absolute atomic E-state index is 0.408. The molecule has 0 aromatic heterocycles. The van der Waals surface area contributed by atoms with E-state index in [9.17, 15) is 0 Å². The summed E-state index contributed by atoms with van der Waals surface area (Å²) < 4.78 is 0. The van der Waals surface area contributed by atoms with Crippen LogP contribution in [-0.4, -0.2) is 10.9 Å². The Labute approximate surface area is 153 Å². The van der Waals surface area contributed by atoms with Gasteiger partial charge in [0.25, 0.3) is 0 Å². The molecule has 0 saturated heterocycles. The van der Waals surface area contributed by atoms with E-state index in [0.717, 1.165) is 16.9 Å². The van der Waals surface area contributed by atoms with Crippen LogP contribution < -0.4 is 10.6 Å². The van der Waals surface area contributed by atoms with Crippen molar-refractivity contribution in [1.82, 2.24) is 0 Å². The van der Waals surface area contributed by atoms with Crippen LogP contribution in [0.4, 0.5) is 11.4 Å². The van der Waals surface area contributed by atoms with Gasteiger partial charge in [0.15, 0.2) is 5.11 Å². The molecule has 3 aromatic rings. The number of benzene rings is 3. The topological polar surface area (TPSA) is 36.4 Å². The first-order chi connectivity index (χ1) is 12.2. The number of thiocarbonyl (C=S) groups is 1. The summed E-state index contributed by atoms with van der Waals surface area (Å²) in [6, 6.07) is 27.9. The van der Waals surface area contributed by atoms with Crippen LogP contribution in [-0.2, 0) is 0 Å². The van der Waals surface area contributed by atoms with E-state index in [2.05, 4.69) is 22.5 Å². The number of anilines is 2. The number of hydrogen-bond donors (Lipinski definition) is 2. The molecule has 3 nitrogen and oxygen atoms in total. The van der Waals surface area contributed by atoms with Gasteiger partial charge >= 0.3 is 0 Å². The Hall–Kier alpha value is -2.98. The molecule has 0 bridgehead atoms. The number of rotatable bonds is 3. The van der Waals surface area contributed by atoms with E-state index < -0.39 is 0 Å². The standard InChI is InChI=1S/C21H19N3S/c1-16-12-14-19(15-13-16)23-21(25)24-20(17-8-4-2-5-9-17)22-18-10-6-3-7-11-18/h2-15H,1H3,(H2,22,23,24,25). The Kier molecular flexibility index (Phi) is 5.54. The first kappa shape index (κ1) is 16.9. The lowest BCUT2D eigenvalue weighted by Gasteiger charge is -2.11. The highest BCUT2D eigenvalue weighted by atomic mass is 32.1. The molecular weight excluding hydrogens is 326 g/mol. The van der Waals surface area contributed by atoms with Crippen molar-refractivity contribution in [2.24, 2.45) is 4.99 Å². The zero-order valence-corrected chi connectivity index (χ0v) is 14.8. The van der Waals surface area contributed by atoms with Gasteiger partial charge in [0.2, 0.25) is 0 Å². The second kappa shape index (κ2) is 8.22. The van der Waals surface area contributed by atoms with Crippen LogP contribution in [0.15, 0.2) is 89.9 Å². The zero-order chi connectivity index (χ0) is 17.5. The highest BCUT2D eigenvalue weighted by molar-refractivity contribution is 7.80. The van der Waals surface area contributed by atoms with Crippen molar-refractivity contribution in [3.63, 3.8) is 0 Å². The third-order valence-electron chi connectivity index (χ3n) is 3.60. The average molecular weight is 345 g/mol. The summed E-state index contributed by atoms with van der Waals surface area (Å²) in [6.45, 7) is 2.05. The third-order valence-corrected chi connectivity index (χ3v) is 3.79. The maximum atomic E-state index is 5.42. The van der Waals surface area contributed by atoms with Crippen molar-refractivity contribution in [2.75, 3.05) is 10.6 Å². The SMILES string of the molecule is Cc1ccc(NC(=S)/N=C(/Nc2ccccc2)c2ccccc2)cc1. The monoisotopic (exact) mass is 345 g/mol. The van der Waals surface area contributed by atoms with E-state index in [1.165, 1.54) is 5.56 Å². The Morgan fingerprint density at radius 1 is 0.720 bits per heavy atom. The molecule has 2 N–H and O–H groups in total. The molecule has 0 radical (unpaired) electrons. The minimum Gasteiger partial charge on any atom is -0.340 e. The fourth-order valence-corrected chi connectivity index (χ4v) is 2.52. The van der Waals surface area contributed by atoms with E-state index in [-0.39, 0.29) is 0 Å². The fraction of sp³-hybridized carbons (Fsp3) is 0.0476. The molecule has 0 spiro atoms. The first-order valence-electron chi connectivity index (χ1n) is 8.04. The lowest BCUT2D eigenvalue weighted by Crippen LogP contribution is -2.18. The summed E-state index contributed by atoms with van der Waals surface area (Å²) in [5, 5.41) is 6.91. The highest BCUT2D eigenvalue weighted by Gasteiger charge is 2.06. The predicted octanol–water partition coefficient (Wildman–Crippen LogP) is 5.25. The third kappa shape index (κ3) is 4.99. The molecule has 0 unspecified atom stereocenters. The van der Waals surface area contributed by atoms with Gasteiger partial charge in [-0.1, -0.05) is 66.2 Å². The maximum absolute atomic E-state index is 5.42. The second-order valence-corrected chi connectivity index (χ2v) is 6.00. The zero-order valence-electron chi connectivity index (χ0n) is 13.9. The van der Waals surface area contributed by atoms with E-state index >= 15 is 0 Å². The number of hydrogen-bond acceptors (Lipinski definition) is 1. The highest BCUT2D eigenvalue weighted by Crippen LogP contribution is 2.12. The van der Waals surface area contributed by atoms with Crippen LogP contribution in [0.2, 0.25) is 0 Å². The average Bonchev–Trinajstić information content (AvgIpc) is 2.65. The van der Waals surface area contributed by atoms with Crippen molar-refractivity contribution in [1.29, 1.82) is 0 Å². The van der Waals surface area contributed by atoms with E-state index in [4.69, 9.17) is 12.2 Å². The van der Waals surface area contributed by atoms with Crippen molar-refractivity contribution in [3.8, 4) is 0 Å². The summed E-state index contributed by atoms with van der Waals surface area (Å²) in [4.78, 5) is 4.59. The number of nitrogens with one attached hydrogen (secondary N) is 2. The normalized spacial score (nSPS) is 11.0. The van der Waals surface area contributed by atoms with Gasteiger partial charge in [-0.15, -0.1) is 0 Å². The molecule has 3 rings (SSSR count). The first-order valence-corrected chi connectivity index (χ1v) is 8.45. The van der Waals surface area contributed by atoms with Crippen LogP contribution >= 0.6 is 12.2 Å². The molecule has 4 heteroatoms. The van der Waals surface area contributed by atoms with Crippen molar-refractivity contribution in [2.45, 2.75) is 6.92 Å². The van der Waals surface area contributed by atoms with Crippen LogP contribution in [0.25, 0.3) is 0 Å². The van der Waals surface area contributed by atoms with Crippen LogP contribution in [0.5, 0.6) is 0 Å². The summed E-state index contributed by atoms with van der Waals surface area (Å²) in [5.41, 5.74) is 4.06. The van der Waals surface area contributed by atoms with Gasteiger partial charge in [-0.2, -0.15) is 0 Å². The van der Waals surface area contributed by atoms with E-state index in [1.54, 1.807) is 0 Å². The number of aryl methyl sites for hydroxylation is 1. The van der Waals surface area contributed by atoms with Crippen LogP contribution in [0, 0.1) is 6.92 Å². The van der Waals surface area contributed by atoms with Crippen molar-refractivity contribution >= 4 is 34.5 Å². The van der Waals surface area contributed by atoms with Crippen LogP contribution in [0.1, 0.15) is 11.1 Å². The van der Waals surface area contributed by atoms with Gasteiger partial charge < -0.3 is 10.6 Å². The molecule has 0 aliphatic heterocycles. The minimum atomic E-state index is 0.408. The number of amidine groups is 1. The molecule has 0 heterocycles. The van der Waals surface area contributed by atoms with Gasteiger partial charge in [0.1, 0.15) is 5.84 Å². The van der Waals surface area contributed by atoms with Gasteiger partial charge in [-0.3, -0.25) is 0 Å². The quantitative estimate of drug-likeness (QED) is 0.387. The van der Waals surface area contributed by atoms with Gasteiger partial charge in [0.05, 0.1) is 0 Å². The van der Waals surface area contributed by atoms with Crippen LogP contribution in [0.3, 0.4) is 0 Å². The predicted molar refractivity (Wildman–Crippen MR) is 110 cm³/mol. The summed E-state index contributed by atoms with van der Waals surface area (Å²) >= 11 is 5.42. The van der Waals surface area contributed by atoms with Crippen molar-refractivity contribution < 1.29 is 0 Å². The maximum Gasteiger partial charge on any atom is 0.199 e. The molecule has 0 aliphatic carbocycles. The molecule has 0 fully saturated rings. The second-order valence-electron chi connectivity index (χ2n) is 5.61. The number of aliphatic imine (C=N–C) groups is 1. The van der Waals surface area contributed by atoms with Gasteiger partial charge in [-0.25, -0.2) is 4.99 Å². The van der Waals surface area contributed by atoms with Crippen molar-refractivity contribution in [3.05, 3.63) is 96.1 Å². The lowest BCUT2D eigenvalue weighted by atomic mass is 10.2. The summed E-state index contributed by atoms with van der Waals surface area (Å²) in [6.07, 6.45) is 0. The molecule has 0 atom stereocenters. The molecule has 25 heavy (non-hydrogen) atoms. The molecule has 0 amide bonds. The summed E-state index contributed by atoms with van der Waals surface area (Å²) in [5.74, 6) is 0.705. The number of para-hydroxylation sites is 1. The lowest BCUT2D eigenvalue weighted by molar-refractivity contribution is 1.46. The molecule has 3 aromatic carbocycles. The molecule has 0 aliphatic rings. The Bertz CT molecular complexity index is 857. The van der Waals surface area contributed by atoms with E-state index in [1.807, 2.05) is 84.9 Å². The molecular formula is C21H19N3S. The van der Waals surface area contributed by atoms with Gasteiger partial charge in [-0.05, 0) is 43.4 Å². The Balaban J connectivity index is 1.83. The molecule has 124 valence electrons. The van der Waals surface area contributed by atoms with E-state index in [0.29, 0.717) is 10.9 Å². The largest absolute Gasteiger partial charge is 0.340 e. The smallest absolute Gasteiger partial charge is 0.199 e. The Morgan fingerprint density at radius 3 is 1.92 bits per heavy atom. The summed E-state index contributed by atoms with van der Waals surface area (Å²) in [7, 11) is 0. The van der Waals surface area contributed by atoms with Gasteiger partial charge in [0, 0.05) is 16.9 Å². The molecule has 0 saturated carbocycles.